The molecule has 2 aromatic heterocycles. The van der Waals surface area contributed by atoms with Gasteiger partial charge in [0.2, 0.25) is 0 Å². The van der Waals surface area contributed by atoms with Crippen LogP contribution in [0, 0.1) is 6.92 Å². The molecular formula is C16H25N5S2. The second-order valence-corrected chi connectivity index (χ2v) is 7.91. The SMILES string of the molecule is CN=C(NCc1csc(N(C)C)n1)NC(C)Cc1ccc(C)s1. The van der Waals surface area contributed by atoms with Crippen LogP contribution in [0.3, 0.4) is 0 Å². The Labute approximate surface area is 146 Å². The molecule has 0 radical (unpaired) electrons. The second-order valence-electron chi connectivity index (χ2n) is 5.70. The second kappa shape index (κ2) is 8.31. The number of aliphatic imine (C=N–C) groups is 1. The third-order valence-corrected chi connectivity index (χ3v) is 5.35. The minimum atomic E-state index is 0.326. The third-order valence-electron chi connectivity index (χ3n) is 3.27. The van der Waals surface area contributed by atoms with Gasteiger partial charge in [0, 0.05) is 48.7 Å². The first-order valence-corrected chi connectivity index (χ1v) is 9.31. The summed E-state index contributed by atoms with van der Waals surface area (Å²) >= 11 is 3.50. The van der Waals surface area contributed by atoms with Crippen LogP contribution in [0.2, 0.25) is 0 Å². The summed E-state index contributed by atoms with van der Waals surface area (Å²) in [7, 11) is 5.80. The summed E-state index contributed by atoms with van der Waals surface area (Å²) in [6.45, 7) is 4.99. The Morgan fingerprint density at radius 3 is 2.74 bits per heavy atom. The first kappa shape index (κ1) is 17.7. The van der Waals surface area contributed by atoms with Gasteiger partial charge in [-0.25, -0.2) is 4.98 Å². The molecule has 5 nitrogen and oxygen atoms in total. The summed E-state index contributed by atoms with van der Waals surface area (Å²) in [5, 5.41) is 9.86. The molecule has 2 rings (SSSR count). The minimum Gasteiger partial charge on any atom is -0.354 e. The first-order chi connectivity index (χ1) is 11.0. The number of guanidine groups is 1. The van der Waals surface area contributed by atoms with Gasteiger partial charge in [-0.05, 0) is 26.0 Å². The van der Waals surface area contributed by atoms with E-state index in [4.69, 9.17) is 0 Å². The van der Waals surface area contributed by atoms with Crippen molar-refractivity contribution in [3.63, 3.8) is 0 Å². The van der Waals surface area contributed by atoms with Gasteiger partial charge in [0.1, 0.15) is 0 Å². The smallest absolute Gasteiger partial charge is 0.191 e. The highest BCUT2D eigenvalue weighted by Crippen LogP contribution is 2.18. The van der Waals surface area contributed by atoms with Crippen LogP contribution < -0.4 is 15.5 Å². The van der Waals surface area contributed by atoms with Crippen LogP contribution in [0.15, 0.2) is 22.5 Å². The average Bonchev–Trinajstić information content (AvgIpc) is 3.12. The summed E-state index contributed by atoms with van der Waals surface area (Å²) < 4.78 is 0. The Kier molecular flexibility index (Phi) is 6.41. The predicted molar refractivity (Wildman–Crippen MR) is 102 cm³/mol. The number of anilines is 1. The van der Waals surface area contributed by atoms with Crippen molar-refractivity contribution < 1.29 is 0 Å². The normalized spacial score (nSPS) is 13.0. The van der Waals surface area contributed by atoms with Crippen molar-refractivity contribution in [1.29, 1.82) is 0 Å². The van der Waals surface area contributed by atoms with E-state index in [2.05, 4.69) is 52.0 Å². The predicted octanol–water partition coefficient (Wildman–Crippen LogP) is 2.88. The van der Waals surface area contributed by atoms with E-state index in [1.807, 2.05) is 30.3 Å². The molecule has 0 saturated heterocycles. The maximum Gasteiger partial charge on any atom is 0.191 e. The fourth-order valence-electron chi connectivity index (χ4n) is 2.13. The lowest BCUT2D eigenvalue weighted by Crippen LogP contribution is -2.42. The number of thiophene rings is 1. The summed E-state index contributed by atoms with van der Waals surface area (Å²) in [5.41, 5.74) is 1.03. The fourth-order valence-corrected chi connectivity index (χ4v) is 3.91. The molecule has 0 aliphatic heterocycles. The van der Waals surface area contributed by atoms with Crippen molar-refractivity contribution in [2.75, 3.05) is 26.0 Å². The number of thiazole rings is 1. The Balaban J connectivity index is 1.82. The number of hydrogen-bond acceptors (Lipinski definition) is 5. The molecule has 0 aliphatic rings. The van der Waals surface area contributed by atoms with Gasteiger partial charge < -0.3 is 15.5 Å². The van der Waals surface area contributed by atoms with Crippen molar-refractivity contribution in [3.8, 4) is 0 Å². The summed E-state index contributed by atoms with van der Waals surface area (Å²) in [5.74, 6) is 0.810. The van der Waals surface area contributed by atoms with Gasteiger partial charge >= 0.3 is 0 Å². The largest absolute Gasteiger partial charge is 0.354 e. The van der Waals surface area contributed by atoms with Crippen LogP contribution in [-0.2, 0) is 13.0 Å². The first-order valence-electron chi connectivity index (χ1n) is 7.62. The Morgan fingerprint density at radius 2 is 2.17 bits per heavy atom. The lowest BCUT2D eigenvalue weighted by Gasteiger charge is -2.17. The van der Waals surface area contributed by atoms with E-state index in [0.29, 0.717) is 12.6 Å². The van der Waals surface area contributed by atoms with Crippen molar-refractivity contribution in [2.45, 2.75) is 32.9 Å². The quantitative estimate of drug-likeness (QED) is 0.621. The summed E-state index contributed by atoms with van der Waals surface area (Å²) in [6.07, 6.45) is 1.00. The molecule has 0 aliphatic carbocycles. The van der Waals surface area contributed by atoms with Crippen molar-refractivity contribution in [1.82, 2.24) is 15.6 Å². The monoisotopic (exact) mass is 351 g/mol. The molecule has 1 atom stereocenters. The summed E-state index contributed by atoms with van der Waals surface area (Å²) in [6, 6.07) is 4.70. The van der Waals surface area contributed by atoms with Crippen LogP contribution in [-0.4, -0.2) is 38.1 Å². The van der Waals surface area contributed by atoms with E-state index in [-0.39, 0.29) is 0 Å². The van der Waals surface area contributed by atoms with Crippen molar-refractivity contribution >= 4 is 33.8 Å². The van der Waals surface area contributed by atoms with Crippen LogP contribution in [0.1, 0.15) is 22.4 Å². The molecule has 0 bridgehead atoms. The van der Waals surface area contributed by atoms with Gasteiger partial charge in [-0.1, -0.05) is 0 Å². The molecule has 2 aromatic rings. The zero-order valence-corrected chi connectivity index (χ0v) is 16.0. The molecule has 0 fully saturated rings. The fraction of sp³-hybridized carbons (Fsp3) is 0.500. The molecule has 2 N–H and O–H groups in total. The molecule has 0 spiro atoms. The van der Waals surface area contributed by atoms with E-state index < -0.39 is 0 Å². The van der Waals surface area contributed by atoms with Gasteiger partial charge in [-0.2, -0.15) is 0 Å². The van der Waals surface area contributed by atoms with Crippen molar-refractivity contribution in [3.05, 3.63) is 33.0 Å². The number of nitrogens with zero attached hydrogens (tertiary/aromatic N) is 3. The van der Waals surface area contributed by atoms with Crippen LogP contribution in [0.5, 0.6) is 0 Å². The van der Waals surface area contributed by atoms with E-state index in [1.165, 1.54) is 9.75 Å². The van der Waals surface area contributed by atoms with Crippen LogP contribution in [0.25, 0.3) is 0 Å². The molecule has 0 amide bonds. The van der Waals surface area contributed by atoms with E-state index in [0.717, 1.165) is 23.2 Å². The molecule has 0 aromatic carbocycles. The molecule has 2 heterocycles. The lowest BCUT2D eigenvalue weighted by atomic mass is 10.2. The number of aryl methyl sites for hydroxylation is 1. The molecule has 23 heavy (non-hydrogen) atoms. The van der Waals surface area contributed by atoms with Crippen LogP contribution >= 0.6 is 22.7 Å². The number of rotatable bonds is 6. The molecule has 1 unspecified atom stereocenters. The zero-order valence-electron chi connectivity index (χ0n) is 14.4. The number of aromatic nitrogens is 1. The van der Waals surface area contributed by atoms with Gasteiger partial charge in [-0.15, -0.1) is 22.7 Å². The number of hydrogen-bond donors (Lipinski definition) is 2. The summed E-state index contributed by atoms with van der Waals surface area (Å²) in [4.78, 5) is 13.6. The van der Waals surface area contributed by atoms with Crippen LogP contribution in [0.4, 0.5) is 5.13 Å². The Hall–Kier alpha value is -1.60. The Bertz CT molecular complexity index is 644. The average molecular weight is 352 g/mol. The van der Waals surface area contributed by atoms with E-state index >= 15 is 0 Å². The highest BCUT2D eigenvalue weighted by molar-refractivity contribution is 7.13. The topological polar surface area (TPSA) is 52.6 Å². The molecular weight excluding hydrogens is 326 g/mol. The van der Waals surface area contributed by atoms with Gasteiger partial charge in [0.15, 0.2) is 11.1 Å². The zero-order chi connectivity index (χ0) is 16.8. The van der Waals surface area contributed by atoms with E-state index in [1.54, 1.807) is 18.4 Å². The Morgan fingerprint density at radius 1 is 1.39 bits per heavy atom. The molecule has 126 valence electrons. The van der Waals surface area contributed by atoms with Gasteiger partial charge in [0.05, 0.1) is 12.2 Å². The van der Waals surface area contributed by atoms with Gasteiger partial charge in [0.25, 0.3) is 0 Å². The third kappa shape index (κ3) is 5.51. The lowest BCUT2D eigenvalue weighted by molar-refractivity contribution is 0.644. The maximum atomic E-state index is 4.57. The number of nitrogens with one attached hydrogen (secondary N) is 2. The van der Waals surface area contributed by atoms with Crippen molar-refractivity contribution in [2.24, 2.45) is 4.99 Å². The standard InChI is InChI=1S/C16H25N5S2/c1-11(8-14-7-6-12(2)23-14)19-15(17-3)18-9-13-10-22-16(20-13)21(4)5/h6-7,10-11H,8-9H2,1-5H3,(H2,17,18,19). The van der Waals surface area contributed by atoms with E-state index in [9.17, 15) is 0 Å². The maximum absolute atomic E-state index is 4.57. The highest BCUT2D eigenvalue weighted by atomic mass is 32.1. The minimum absolute atomic E-state index is 0.326. The highest BCUT2D eigenvalue weighted by Gasteiger charge is 2.09. The molecule has 0 saturated carbocycles. The molecule has 7 heteroatoms. The van der Waals surface area contributed by atoms with Gasteiger partial charge in [-0.3, -0.25) is 4.99 Å².